The van der Waals surface area contributed by atoms with Crippen LogP contribution >= 0.6 is 0 Å². The molecule has 0 bridgehead atoms. The van der Waals surface area contributed by atoms with Gasteiger partial charge in [-0.25, -0.2) is 13.4 Å². The Morgan fingerprint density at radius 2 is 1.90 bits per heavy atom. The quantitative estimate of drug-likeness (QED) is 0.655. The van der Waals surface area contributed by atoms with E-state index < -0.39 is 9.84 Å². The maximum Gasteiger partial charge on any atom is 0.201 e. The SMILES string of the molecule is CS(=O)(=O)c1cncc(-c2ccc3nc(N)n(CCCN4CCOCC4)c3c2)c1. The van der Waals surface area contributed by atoms with E-state index >= 15 is 0 Å². The Morgan fingerprint density at radius 3 is 2.66 bits per heavy atom. The van der Waals surface area contributed by atoms with Crippen LogP contribution in [0.15, 0.2) is 41.6 Å². The van der Waals surface area contributed by atoms with E-state index in [0.29, 0.717) is 5.95 Å². The number of benzene rings is 1. The Bertz CT molecular complexity index is 1120. The lowest BCUT2D eigenvalue weighted by molar-refractivity contribution is 0.0370. The van der Waals surface area contributed by atoms with Gasteiger partial charge in [-0.05, 0) is 30.2 Å². The minimum atomic E-state index is -3.32. The molecule has 8 nitrogen and oxygen atoms in total. The zero-order valence-electron chi connectivity index (χ0n) is 16.4. The molecule has 1 aromatic carbocycles. The van der Waals surface area contributed by atoms with Gasteiger partial charge in [-0.15, -0.1) is 0 Å². The van der Waals surface area contributed by atoms with Crippen LogP contribution in [0.25, 0.3) is 22.2 Å². The second-order valence-corrected chi connectivity index (χ2v) is 9.33. The van der Waals surface area contributed by atoms with E-state index in [-0.39, 0.29) is 4.90 Å². The molecule has 1 aliphatic rings. The highest BCUT2D eigenvalue weighted by molar-refractivity contribution is 7.90. The van der Waals surface area contributed by atoms with Crippen LogP contribution in [0, 0.1) is 0 Å². The maximum absolute atomic E-state index is 11.9. The normalized spacial score (nSPS) is 15.8. The number of hydrogen-bond donors (Lipinski definition) is 1. The molecule has 0 aliphatic carbocycles. The summed E-state index contributed by atoms with van der Waals surface area (Å²) in [5, 5.41) is 0. The van der Waals surface area contributed by atoms with Gasteiger partial charge < -0.3 is 15.0 Å². The molecule has 0 amide bonds. The van der Waals surface area contributed by atoms with E-state index in [0.717, 1.165) is 68.0 Å². The highest BCUT2D eigenvalue weighted by atomic mass is 32.2. The number of nitrogens with two attached hydrogens (primary N) is 1. The van der Waals surface area contributed by atoms with Gasteiger partial charge in [0.05, 0.1) is 29.1 Å². The fourth-order valence-corrected chi connectivity index (χ4v) is 4.21. The summed E-state index contributed by atoms with van der Waals surface area (Å²) in [6.07, 6.45) is 5.18. The summed E-state index contributed by atoms with van der Waals surface area (Å²) in [6.45, 7) is 5.27. The number of ether oxygens (including phenoxy) is 1. The molecule has 2 aromatic heterocycles. The van der Waals surface area contributed by atoms with Gasteiger partial charge in [-0.2, -0.15) is 0 Å². The van der Waals surface area contributed by atoms with E-state index in [1.807, 2.05) is 22.8 Å². The molecule has 0 saturated carbocycles. The molecule has 154 valence electrons. The molecule has 9 heteroatoms. The number of aryl methyl sites for hydroxylation is 1. The molecule has 0 radical (unpaired) electrons. The summed E-state index contributed by atoms with van der Waals surface area (Å²) in [7, 11) is -3.32. The minimum absolute atomic E-state index is 0.202. The maximum atomic E-state index is 11.9. The van der Waals surface area contributed by atoms with Crippen LogP contribution in [-0.4, -0.2) is 67.0 Å². The van der Waals surface area contributed by atoms with E-state index in [1.54, 1.807) is 12.3 Å². The number of pyridine rings is 1. The predicted octanol–water partition coefficient (Wildman–Crippen LogP) is 1.81. The summed E-state index contributed by atoms with van der Waals surface area (Å²) in [5.74, 6) is 0.488. The first-order chi connectivity index (χ1) is 13.9. The van der Waals surface area contributed by atoms with E-state index in [2.05, 4.69) is 14.9 Å². The number of sulfone groups is 1. The second-order valence-electron chi connectivity index (χ2n) is 7.31. The van der Waals surface area contributed by atoms with E-state index in [4.69, 9.17) is 10.5 Å². The Morgan fingerprint density at radius 1 is 1.10 bits per heavy atom. The largest absolute Gasteiger partial charge is 0.379 e. The highest BCUT2D eigenvalue weighted by Crippen LogP contribution is 2.27. The Labute approximate surface area is 170 Å². The Balaban J connectivity index is 1.59. The number of imidazole rings is 1. The van der Waals surface area contributed by atoms with Gasteiger partial charge in [0, 0.05) is 50.4 Å². The molecule has 1 saturated heterocycles. The van der Waals surface area contributed by atoms with E-state index in [9.17, 15) is 8.42 Å². The Kier molecular flexibility index (Phi) is 5.53. The van der Waals surface area contributed by atoms with Gasteiger partial charge >= 0.3 is 0 Å². The summed E-state index contributed by atoms with van der Waals surface area (Å²) in [6, 6.07) is 7.46. The van der Waals surface area contributed by atoms with Crippen molar-refractivity contribution in [2.24, 2.45) is 0 Å². The standard InChI is InChI=1S/C20H25N5O3S/c1-29(26,27)17-11-16(13-22-14-17)15-3-4-18-19(12-15)25(20(21)23-18)6-2-5-24-7-9-28-10-8-24/h3-4,11-14H,2,5-10H2,1H3,(H2,21,23). The molecular weight excluding hydrogens is 390 g/mol. The van der Waals surface area contributed by atoms with E-state index in [1.165, 1.54) is 12.5 Å². The van der Waals surface area contributed by atoms with Crippen molar-refractivity contribution in [1.29, 1.82) is 0 Å². The number of fused-ring (bicyclic) bond motifs is 1. The zero-order chi connectivity index (χ0) is 20.4. The van der Waals surface area contributed by atoms with Crippen LogP contribution in [0.3, 0.4) is 0 Å². The van der Waals surface area contributed by atoms with Gasteiger partial charge in [0.25, 0.3) is 0 Å². The third kappa shape index (κ3) is 4.42. The monoisotopic (exact) mass is 415 g/mol. The van der Waals surface area contributed by atoms with Crippen molar-refractivity contribution in [1.82, 2.24) is 19.4 Å². The molecule has 3 aromatic rings. The predicted molar refractivity (Wildman–Crippen MR) is 112 cm³/mol. The number of rotatable bonds is 6. The second kappa shape index (κ2) is 8.10. The fourth-order valence-electron chi connectivity index (χ4n) is 3.61. The smallest absolute Gasteiger partial charge is 0.201 e. The number of morpholine rings is 1. The number of nitrogens with zero attached hydrogens (tertiary/aromatic N) is 4. The highest BCUT2D eigenvalue weighted by Gasteiger charge is 2.14. The van der Waals surface area contributed by atoms with Gasteiger partial charge in [0.1, 0.15) is 0 Å². The van der Waals surface area contributed by atoms with Crippen molar-refractivity contribution in [3.8, 4) is 11.1 Å². The minimum Gasteiger partial charge on any atom is -0.379 e. The molecule has 1 aliphatic heterocycles. The molecular formula is C20H25N5O3S. The molecule has 3 heterocycles. The molecule has 0 unspecified atom stereocenters. The molecule has 4 rings (SSSR count). The lowest BCUT2D eigenvalue weighted by Gasteiger charge is -2.26. The van der Waals surface area contributed by atoms with Crippen molar-refractivity contribution in [2.75, 3.05) is 44.8 Å². The summed E-state index contributed by atoms with van der Waals surface area (Å²) in [4.78, 5) is 11.2. The third-order valence-electron chi connectivity index (χ3n) is 5.21. The van der Waals surface area contributed by atoms with Crippen LogP contribution in [0.4, 0.5) is 5.95 Å². The van der Waals surface area contributed by atoms with Crippen LogP contribution in [0.1, 0.15) is 6.42 Å². The fraction of sp³-hybridized carbons (Fsp3) is 0.400. The summed E-state index contributed by atoms with van der Waals surface area (Å²) >= 11 is 0. The number of aromatic nitrogens is 3. The van der Waals surface area contributed by atoms with Crippen LogP contribution in [0.2, 0.25) is 0 Å². The lowest BCUT2D eigenvalue weighted by Crippen LogP contribution is -2.37. The zero-order valence-corrected chi connectivity index (χ0v) is 17.2. The number of hydrogen-bond acceptors (Lipinski definition) is 7. The average molecular weight is 416 g/mol. The van der Waals surface area contributed by atoms with Crippen molar-refractivity contribution < 1.29 is 13.2 Å². The van der Waals surface area contributed by atoms with Crippen LogP contribution in [0.5, 0.6) is 0 Å². The topological polar surface area (TPSA) is 103 Å². The molecule has 0 spiro atoms. The summed E-state index contributed by atoms with van der Waals surface area (Å²) in [5.41, 5.74) is 9.55. The summed E-state index contributed by atoms with van der Waals surface area (Å²) < 4.78 is 31.1. The van der Waals surface area contributed by atoms with Crippen molar-refractivity contribution >= 4 is 26.8 Å². The molecule has 29 heavy (non-hydrogen) atoms. The first-order valence-electron chi connectivity index (χ1n) is 9.63. The van der Waals surface area contributed by atoms with Crippen molar-refractivity contribution in [3.05, 3.63) is 36.7 Å². The average Bonchev–Trinajstić information content (AvgIpc) is 3.03. The van der Waals surface area contributed by atoms with Gasteiger partial charge in [-0.1, -0.05) is 6.07 Å². The van der Waals surface area contributed by atoms with Crippen LogP contribution < -0.4 is 5.73 Å². The van der Waals surface area contributed by atoms with Gasteiger partial charge in [-0.3, -0.25) is 9.88 Å². The lowest BCUT2D eigenvalue weighted by atomic mass is 10.1. The van der Waals surface area contributed by atoms with Gasteiger partial charge in [0.15, 0.2) is 9.84 Å². The Hall–Kier alpha value is -2.49. The first-order valence-corrected chi connectivity index (χ1v) is 11.5. The molecule has 0 atom stereocenters. The van der Waals surface area contributed by atoms with Crippen LogP contribution in [-0.2, 0) is 21.1 Å². The van der Waals surface area contributed by atoms with Gasteiger partial charge in [0.2, 0.25) is 5.95 Å². The van der Waals surface area contributed by atoms with Crippen molar-refractivity contribution in [3.63, 3.8) is 0 Å². The van der Waals surface area contributed by atoms with Crippen molar-refractivity contribution in [2.45, 2.75) is 17.9 Å². The third-order valence-corrected chi connectivity index (χ3v) is 6.29. The first kappa shape index (κ1) is 19.8. The number of anilines is 1. The molecule has 2 N–H and O–H groups in total. The molecule has 1 fully saturated rings. The number of nitrogen functional groups attached to an aromatic ring is 1.